The third kappa shape index (κ3) is 3.62. The molecule has 0 aliphatic heterocycles. The van der Waals surface area contributed by atoms with Gasteiger partial charge in [-0.15, -0.1) is 11.3 Å². The highest BCUT2D eigenvalue weighted by atomic mass is 32.1. The molecule has 1 heterocycles. The van der Waals surface area contributed by atoms with Crippen molar-refractivity contribution in [3.8, 4) is 0 Å². The molecule has 0 bridgehead atoms. The van der Waals surface area contributed by atoms with Crippen molar-refractivity contribution in [2.45, 2.75) is 19.9 Å². The lowest BCUT2D eigenvalue weighted by Crippen LogP contribution is -2.22. The van der Waals surface area contributed by atoms with Crippen LogP contribution >= 0.6 is 11.3 Å². The van der Waals surface area contributed by atoms with Crippen LogP contribution in [0.3, 0.4) is 0 Å². The summed E-state index contributed by atoms with van der Waals surface area (Å²) >= 11 is 1.36. The molecule has 100 valence electrons. The Balaban J connectivity index is 1.92. The number of aromatic nitrogens is 1. The van der Waals surface area contributed by atoms with E-state index in [0.717, 1.165) is 17.7 Å². The number of hydrogen-bond acceptors (Lipinski definition) is 4. The molecule has 5 heteroatoms. The van der Waals surface area contributed by atoms with Gasteiger partial charge in [-0.3, -0.25) is 4.79 Å². The fourth-order valence-electron chi connectivity index (χ4n) is 1.77. The first-order valence-electron chi connectivity index (χ1n) is 6.17. The van der Waals surface area contributed by atoms with Gasteiger partial charge in [-0.05, 0) is 31.0 Å². The van der Waals surface area contributed by atoms with Crippen molar-refractivity contribution in [1.29, 1.82) is 0 Å². The highest BCUT2D eigenvalue weighted by molar-refractivity contribution is 7.11. The van der Waals surface area contributed by atoms with Crippen LogP contribution in [0, 0.1) is 6.92 Å². The van der Waals surface area contributed by atoms with Gasteiger partial charge in [-0.1, -0.05) is 24.3 Å². The molecule has 2 rings (SSSR count). The minimum Gasteiger partial charge on any atom is -0.347 e. The van der Waals surface area contributed by atoms with E-state index < -0.39 is 0 Å². The number of carbonyl (C=O) groups is 1. The highest BCUT2D eigenvalue weighted by Gasteiger charge is 2.10. The first kappa shape index (κ1) is 13.7. The molecular formula is C14H17N3OS. The molecule has 0 spiro atoms. The van der Waals surface area contributed by atoms with Crippen LogP contribution in [0.25, 0.3) is 0 Å². The molecule has 1 aromatic carbocycles. The van der Waals surface area contributed by atoms with Crippen molar-refractivity contribution in [1.82, 2.24) is 10.3 Å². The van der Waals surface area contributed by atoms with E-state index in [4.69, 9.17) is 5.73 Å². The van der Waals surface area contributed by atoms with Gasteiger partial charge >= 0.3 is 0 Å². The number of hydrogen-bond donors (Lipinski definition) is 2. The maximum atomic E-state index is 11.9. The first-order valence-corrected chi connectivity index (χ1v) is 7.05. The van der Waals surface area contributed by atoms with Gasteiger partial charge in [0.15, 0.2) is 0 Å². The number of rotatable bonds is 5. The number of amides is 1. The van der Waals surface area contributed by atoms with Crippen molar-refractivity contribution >= 4 is 17.2 Å². The number of benzene rings is 1. The normalized spacial score (nSPS) is 10.4. The maximum absolute atomic E-state index is 11.9. The summed E-state index contributed by atoms with van der Waals surface area (Å²) in [6.07, 6.45) is 0.882. The summed E-state index contributed by atoms with van der Waals surface area (Å²) in [6, 6.07) is 8.13. The Bertz CT molecular complexity index is 548. The van der Waals surface area contributed by atoms with Crippen LogP contribution in [-0.2, 0) is 13.0 Å². The third-order valence-corrected chi connectivity index (χ3v) is 3.79. The van der Waals surface area contributed by atoms with E-state index in [-0.39, 0.29) is 5.91 Å². The lowest BCUT2D eigenvalue weighted by molar-refractivity contribution is 0.0954. The molecule has 0 saturated carbocycles. The van der Waals surface area contributed by atoms with E-state index in [1.54, 1.807) is 5.51 Å². The van der Waals surface area contributed by atoms with Crippen molar-refractivity contribution in [2.24, 2.45) is 5.73 Å². The van der Waals surface area contributed by atoms with Crippen LogP contribution in [0.4, 0.5) is 0 Å². The summed E-state index contributed by atoms with van der Waals surface area (Å²) in [6.45, 7) is 3.02. The monoisotopic (exact) mass is 275 g/mol. The van der Waals surface area contributed by atoms with Crippen molar-refractivity contribution in [2.75, 3.05) is 6.54 Å². The highest BCUT2D eigenvalue weighted by Crippen LogP contribution is 2.12. The van der Waals surface area contributed by atoms with Crippen LogP contribution in [0.15, 0.2) is 29.8 Å². The van der Waals surface area contributed by atoms with E-state index >= 15 is 0 Å². The lowest BCUT2D eigenvalue weighted by Gasteiger charge is -2.05. The van der Waals surface area contributed by atoms with Gasteiger partial charge in [-0.25, -0.2) is 4.98 Å². The zero-order valence-corrected chi connectivity index (χ0v) is 11.7. The molecule has 0 atom stereocenters. The summed E-state index contributed by atoms with van der Waals surface area (Å²) in [7, 11) is 0. The molecule has 0 unspecified atom stereocenters. The molecule has 0 saturated heterocycles. The Morgan fingerprint density at radius 2 is 2.00 bits per heavy atom. The predicted octanol–water partition coefficient (Wildman–Crippen LogP) is 1.88. The third-order valence-electron chi connectivity index (χ3n) is 2.86. The zero-order chi connectivity index (χ0) is 13.7. The van der Waals surface area contributed by atoms with Gasteiger partial charge in [-0.2, -0.15) is 0 Å². The molecule has 0 radical (unpaired) electrons. The van der Waals surface area contributed by atoms with Crippen molar-refractivity contribution < 1.29 is 4.79 Å². The maximum Gasteiger partial charge on any atom is 0.263 e. The molecule has 0 aliphatic carbocycles. The molecule has 2 aromatic rings. The number of aryl methyl sites for hydroxylation is 1. The first-order chi connectivity index (χ1) is 9.20. The molecule has 0 aliphatic rings. The summed E-state index contributed by atoms with van der Waals surface area (Å²) in [5.41, 5.74) is 10.3. The van der Waals surface area contributed by atoms with E-state index in [1.807, 2.05) is 31.2 Å². The Labute approximate surface area is 116 Å². The predicted molar refractivity (Wildman–Crippen MR) is 77.2 cm³/mol. The topological polar surface area (TPSA) is 68.0 Å². The molecule has 3 N–H and O–H groups in total. The van der Waals surface area contributed by atoms with E-state index in [0.29, 0.717) is 18.0 Å². The lowest BCUT2D eigenvalue weighted by atomic mass is 10.1. The Hall–Kier alpha value is -1.72. The smallest absolute Gasteiger partial charge is 0.263 e. The van der Waals surface area contributed by atoms with Crippen LogP contribution in [0.2, 0.25) is 0 Å². The van der Waals surface area contributed by atoms with Crippen LogP contribution in [0.5, 0.6) is 0 Å². The average Bonchev–Trinajstić information content (AvgIpc) is 2.84. The number of carbonyl (C=O) groups excluding carboxylic acids is 1. The fourth-order valence-corrected chi connectivity index (χ4v) is 2.49. The van der Waals surface area contributed by atoms with Gasteiger partial charge in [0.2, 0.25) is 0 Å². The van der Waals surface area contributed by atoms with Gasteiger partial charge in [0.25, 0.3) is 5.91 Å². The molecular weight excluding hydrogens is 258 g/mol. The molecule has 4 nitrogen and oxygen atoms in total. The Kier molecular flexibility index (Phi) is 4.65. The average molecular weight is 275 g/mol. The van der Waals surface area contributed by atoms with Gasteiger partial charge < -0.3 is 11.1 Å². The van der Waals surface area contributed by atoms with Gasteiger partial charge in [0, 0.05) is 6.54 Å². The largest absolute Gasteiger partial charge is 0.347 e. The Morgan fingerprint density at radius 1 is 1.32 bits per heavy atom. The Morgan fingerprint density at radius 3 is 2.58 bits per heavy atom. The fraction of sp³-hybridized carbons (Fsp3) is 0.286. The minimum atomic E-state index is -0.0639. The SMILES string of the molecule is Cc1ncsc1C(=O)NCc1ccc(CCN)cc1. The number of nitrogens with one attached hydrogen (secondary N) is 1. The number of thiazole rings is 1. The summed E-state index contributed by atoms with van der Waals surface area (Å²) in [5, 5.41) is 2.90. The standard InChI is InChI=1S/C14H17N3OS/c1-10-13(19-9-17-10)14(18)16-8-12-4-2-11(3-5-12)6-7-15/h2-5,9H,6-8,15H2,1H3,(H,16,18). The van der Waals surface area contributed by atoms with Crippen molar-refractivity contribution in [3.05, 3.63) is 51.5 Å². The second-order valence-electron chi connectivity index (χ2n) is 4.30. The second kappa shape index (κ2) is 6.45. The van der Waals surface area contributed by atoms with Crippen LogP contribution in [0.1, 0.15) is 26.5 Å². The van der Waals surface area contributed by atoms with Crippen LogP contribution in [-0.4, -0.2) is 17.4 Å². The molecule has 19 heavy (non-hydrogen) atoms. The second-order valence-corrected chi connectivity index (χ2v) is 5.16. The van der Waals surface area contributed by atoms with Crippen LogP contribution < -0.4 is 11.1 Å². The number of nitrogens with zero attached hydrogens (tertiary/aromatic N) is 1. The minimum absolute atomic E-state index is 0.0639. The van der Waals surface area contributed by atoms with E-state index in [1.165, 1.54) is 16.9 Å². The summed E-state index contributed by atoms with van der Waals surface area (Å²) < 4.78 is 0. The van der Waals surface area contributed by atoms with E-state index in [9.17, 15) is 4.79 Å². The summed E-state index contributed by atoms with van der Waals surface area (Å²) in [4.78, 5) is 16.7. The quantitative estimate of drug-likeness (QED) is 0.875. The van der Waals surface area contributed by atoms with Gasteiger partial charge in [0.05, 0.1) is 11.2 Å². The molecule has 1 aromatic heterocycles. The molecule has 1 amide bonds. The number of nitrogens with two attached hydrogens (primary N) is 1. The molecule has 0 fully saturated rings. The van der Waals surface area contributed by atoms with Gasteiger partial charge in [0.1, 0.15) is 4.88 Å². The zero-order valence-electron chi connectivity index (χ0n) is 10.8. The van der Waals surface area contributed by atoms with E-state index in [2.05, 4.69) is 10.3 Å². The summed E-state index contributed by atoms with van der Waals surface area (Å²) in [5.74, 6) is -0.0639. The van der Waals surface area contributed by atoms with Crippen molar-refractivity contribution in [3.63, 3.8) is 0 Å².